The zero-order chi connectivity index (χ0) is 19.5. The standard InChI is InChI=1S/C20H22N6O2/c1-26-12-14(11-25-26)17-10-13(2-6-23-17)19(22)18-16(21)3-7-24-20(18)28-15-4-8-27-9-5-15/h2-3,6-7,10-12,15,22H,4-5,8-9H2,1H3,(H2,21,24). The molecule has 1 aliphatic heterocycles. The molecule has 0 spiro atoms. The molecule has 8 heteroatoms. The SMILES string of the molecule is Cn1cc(-c2cc(C(=N)c3c(N)ccnc3OC3CCOCC3)ccn2)cn1. The van der Waals surface area contributed by atoms with Gasteiger partial charge in [0.2, 0.25) is 5.88 Å². The summed E-state index contributed by atoms with van der Waals surface area (Å²) in [7, 11) is 1.85. The Bertz CT molecular complexity index is 994. The molecule has 0 unspecified atom stereocenters. The molecule has 3 aromatic heterocycles. The normalized spacial score (nSPS) is 14.8. The Hall–Kier alpha value is -3.26. The predicted octanol–water partition coefficient (Wildman–Crippen LogP) is 2.43. The van der Waals surface area contributed by atoms with Gasteiger partial charge in [-0.3, -0.25) is 15.1 Å². The minimum absolute atomic E-state index is 0.0120. The Balaban J connectivity index is 1.66. The third-order valence-corrected chi connectivity index (χ3v) is 4.69. The van der Waals surface area contributed by atoms with Crippen molar-refractivity contribution in [2.75, 3.05) is 18.9 Å². The van der Waals surface area contributed by atoms with Crippen molar-refractivity contribution in [1.29, 1.82) is 5.41 Å². The molecule has 1 saturated heterocycles. The second-order valence-electron chi connectivity index (χ2n) is 6.72. The number of anilines is 1. The van der Waals surface area contributed by atoms with Crippen molar-refractivity contribution in [3.8, 4) is 17.1 Å². The lowest BCUT2D eigenvalue weighted by Crippen LogP contribution is -2.27. The summed E-state index contributed by atoms with van der Waals surface area (Å²) >= 11 is 0. The van der Waals surface area contributed by atoms with Crippen LogP contribution >= 0.6 is 0 Å². The molecule has 28 heavy (non-hydrogen) atoms. The van der Waals surface area contributed by atoms with Crippen molar-refractivity contribution in [2.45, 2.75) is 18.9 Å². The number of ether oxygens (including phenoxy) is 2. The van der Waals surface area contributed by atoms with Crippen LogP contribution in [0.2, 0.25) is 0 Å². The van der Waals surface area contributed by atoms with E-state index < -0.39 is 0 Å². The van der Waals surface area contributed by atoms with E-state index in [1.54, 1.807) is 35.4 Å². The number of nitrogen functional groups attached to an aromatic ring is 1. The summed E-state index contributed by atoms with van der Waals surface area (Å²) in [6.45, 7) is 1.33. The highest BCUT2D eigenvalue weighted by Gasteiger charge is 2.22. The molecule has 0 bridgehead atoms. The number of nitrogens with one attached hydrogen (secondary N) is 1. The summed E-state index contributed by atoms with van der Waals surface area (Å²) in [6.07, 6.45) is 8.51. The molecule has 4 heterocycles. The second-order valence-corrected chi connectivity index (χ2v) is 6.72. The zero-order valence-electron chi connectivity index (χ0n) is 15.6. The summed E-state index contributed by atoms with van der Waals surface area (Å²) < 4.78 is 13.2. The van der Waals surface area contributed by atoms with Gasteiger partial charge in [-0.1, -0.05) is 0 Å². The first-order valence-electron chi connectivity index (χ1n) is 9.15. The largest absolute Gasteiger partial charge is 0.474 e. The molecule has 3 N–H and O–H groups in total. The Morgan fingerprint density at radius 1 is 1.25 bits per heavy atom. The van der Waals surface area contributed by atoms with Gasteiger partial charge in [-0.2, -0.15) is 5.10 Å². The number of hydrogen-bond acceptors (Lipinski definition) is 7. The second kappa shape index (κ2) is 7.77. The van der Waals surface area contributed by atoms with Crippen molar-refractivity contribution in [3.05, 3.63) is 54.1 Å². The van der Waals surface area contributed by atoms with Crippen LogP contribution in [0.25, 0.3) is 11.3 Å². The Morgan fingerprint density at radius 3 is 2.79 bits per heavy atom. The molecule has 1 fully saturated rings. The molecule has 8 nitrogen and oxygen atoms in total. The highest BCUT2D eigenvalue weighted by atomic mass is 16.5. The van der Waals surface area contributed by atoms with E-state index >= 15 is 0 Å². The molecule has 0 atom stereocenters. The third-order valence-electron chi connectivity index (χ3n) is 4.69. The first-order chi connectivity index (χ1) is 13.6. The summed E-state index contributed by atoms with van der Waals surface area (Å²) in [4.78, 5) is 8.75. The Labute approximate surface area is 162 Å². The summed E-state index contributed by atoms with van der Waals surface area (Å²) in [5.74, 6) is 0.386. The van der Waals surface area contributed by atoms with E-state index in [0.717, 1.165) is 24.1 Å². The molecule has 0 aromatic carbocycles. The van der Waals surface area contributed by atoms with Crippen LogP contribution < -0.4 is 10.5 Å². The predicted molar refractivity (Wildman–Crippen MR) is 105 cm³/mol. The fourth-order valence-corrected chi connectivity index (χ4v) is 3.19. The smallest absolute Gasteiger partial charge is 0.225 e. The maximum absolute atomic E-state index is 8.76. The van der Waals surface area contributed by atoms with E-state index in [4.69, 9.17) is 20.6 Å². The van der Waals surface area contributed by atoms with E-state index in [2.05, 4.69) is 15.1 Å². The third kappa shape index (κ3) is 3.72. The van der Waals surface area contributed by atoms with Crippen LogP contribution in [0, 0.1) is 5.41 Å². The number of aromatic nitrogens is 4. The minimum atomic E-state index is 0.0120. The van der Waals surface area contributed by atoms with E-state index in [1.165, 1.54) is 0 Å². The van der Waals surface area contributed by atoms with Gasteiger partial charge in [0.25, 0.3) is 0 Å². The van der Waals surface area contributed by atoms with Crippen LogP contribution in [-0.4, -0.2) is 44.8 Å². The van der Waals surface area contributed by atoms with Gasteiger partial charge in [-0.25, -0.2) is 4.98 Å². The molecular weight excluding hydrogens is 356 g/mol. The quantitative estimate of drug-likeness (QED) is 0.660. The van der Waals surface area contributed by atoms with Crippen molar-refractivity contribution in [2.24, 2.45) is 7.05 Å². The first-order valence-corrected chi connectivity index (χ1v) is 9.15. The fourth-order valence-electron chi connectivity index (χ4n) is 3.19. The molecule has 0 amide bonds. The van der Waals surface area contributed by atoms with Gasteiger partial charge >= 0.3 is 0 Å². The van der Waals surface area contributed by atoms with Crippen LogP contribution in [0.4, 0.5) is 5.69 Å². The molecule has 3 aromatic rings. The van der Waals surface area contributed by atoms with E-state index in [1.807, 2.05) is 19.3 Å². The van der Waals surface area contributed by atoms with Gasteiger partial charge in [-0.05, 0) is 18.2 Å². The van der Waals surface area contributed by atoms with Crippen molar-refractivity contribution in [1.82, 2.24) is 19.7 Å². The minimum Gasteiger partial charge on any atom is -0.474 e. The van der Waals surface area contributed by atoms with Crippen molar-refractivity contribution < 1.29 is 9.47 Å². The van der Waals surface area contributed by atoms with Crippen LogP contribution in [0.3, 0.4) is 0 Å². The molecule has 144 valence electrons. The number of pyridine rings is 2. The van der Waals surface area contributed by atoms with Crippen LogP contribution in [0.1, 0.15) is 24.0 Å². The van der Waals surface area contributed by atoms with Crippen LogP contribution in [0.15, 0.2) is 43.0 Å². The molecule has 0 aliphatic carbocycles. The number of nitrogens with zero attached hydrogens (tertiary/aromatic N) is 4. The monoisotopic (exact) mass is 378 g/mol. The van der Waals surface area contributed by atoms with E-state index in [0.29, 0.717) is 35.9 Å². The summed E-state index contributed by atoms with van der Waals surface area (Å²) in [6, 6.07) is 5.32. The number of aryl methyl sites for hydroxylation is 1. The van der Waals surface area contributed by atoms with Crippen molar-refractivity contribution >= 4 is 11.4 Å². The van der Waals surface area contributed by atoms with Gasteiger partial charge in [-0.15, -0.1) is 0 Å². The lowest BCUT2D eigenvalue weighted by atomic mass is 10.0. The average molecular weight is 378 g/mol. The summed E-state index contributed by atoms with van der Waals surface area (Å²) in [5.41, 5.74) is 9.72. The zero-order valence-corrected chi connectivity index (χ0v) is 15.6. The maximum Gasteiger partial charge on any atom is 0.225 e. The summed E-state index contributed by atoms with van der Waals surface area (Å²) in [5, 5.41) is 12.9. The van der Waals surface area contributed by atoms with E-state index in [-0.39, 0.29) is 11.8 Å². The first kappa shape index (κ1) is 18.1. The average Bonchev–Trinajstić information content (AvgIpc) is 3.15. The van der Waals surface area contributed by atoms with Gasteiger partial charge in [0, 0.05) is 55.3 Å². The Morgan fingerprint density at radius 2 is 2.04 bits per heavy atom. The van der Waals surface area contributed by atoms with E-state index in [9.17, 15) is 0 Å². The number of nitrogens with two attached hydrogens (primary N) is 1. The highest BCUT2D eigenvalue weighted by Crippen LogP contribution is 2.28. The van der Waals surface area contributed by atoms with Gasteiger partial charge in [0.1, 0.15) is 6.10 Å². The van der Waals surface area contributed by atoms with Gasteiger partial charge in [0.15, 0.2) is 0 Å². The van der Waals surface area contributed by atoms with Crippen molar-refractivity contribution in [3.63, 3.8) is 0 Å². The highest BCUT2D eigenvalue weighted by molar-refractivity contribution is 6.15. The maximum atomic E-state index is 8.76. The fraction of sp³-hybridized carbons (Fsp3) is 0.300. The Kier molecular flexibility index (Phi) is 5.03. The number of rotatable bonds is 5. The molecule has 4 rings (SSSR count). The molecular formula is C20H22N6O2. The molecule has 0 radical (unpaired) electrons. The lowest BCUT2D eigenvalue weighted by molar-refractivity contribution is 0.0237. The van der Waals surface area contributed by atoms with Crippen LogP contribution in [-0.2, 0) is 11.8 Å². The lowest BCUT2D eigenvalue weighted by Gasteiger charge is -2.24. The topological polar surface area (TPSA) is 112 Å². The molecule has 0 saturated carbocycles. The van der Waals surface area contributed by atoms with Crippen LogP contribution in [0.5, 0.6) is 5.88 Å². The molecule has 1 aliphatic rings. The van der Waals surface area contributed by atoms with Gasteiger partial charge < -0.3 is 15.2 Å². The van der Waals surface area contributed by atoms with Gasteiger partial charge in [0.05, 0.1) is 36.4 Å². The number of hydrogen-bond donors (Lipinski definition) is 2.